The number of carboxylic acid groups (broad SMARTS) is 1. The minimum Gasteiger partial charge on any atom is -0.480 e. The highest BCUT2D eigenvalue weighted by atomic mass is 35.5. The monoisotopic (exact) mass is 591 g/mol. The molecule has 0 aliphatic carbocycles. The van der Waals surface area contributed by atoms with E-state index < -0.39 is 23.5 Å². The fraction of sp³-hybridized carbons (Fsp3) is 0.114. The summed E-state index contributed by atoms with van der Waals surface area (Å²) in [7, 11) is 3.87. The second-order valence-corrected chi connectivity index (χ2v) is 10.8. The molecule has 43 heavy (non-hydrogen) atoms. The van der Waals surface area contributed by atoms with Crippen molar-refractivity contribution in [3.05, 3.63) is 142 Å². The van der Waals surface area contributed by atoms with Crippen LogP contribution in [-0.2, 0) is 11.2 Å². The number of hydrogen-bond donors (Lipinski definition) is 2. The molecule has 0 radical (unpaired) electrons. The molecule has 2 N–H and O–H groups in total. The summed E-state index contributed by atoms with van der Waals surface area (Å²) in [5.74, 6) is -1.65. The summed E-state index contributed by atoms with van der Waals surface area (Å²) in [6.45, 7) is 0. The minimum absolute atomic E-state index is 0.0197. The maximum absolute atomic E-state index is 13.7. The van der Waals surface area contributed by atoms with E-state index in [4.69, 9.17) is 11.6 Å². The Hall–Kier alpha value is -5.14. The van der Waals surface area contributed by atoms with Crippen LogP contribution in [0.1, 0.15) is 22.0 Å². The van der Waals surface area contributed by atoms with Crippen LogP contribution in [0.3, 0.4) is 0 Å². The summed E-state index contributed by atoms with van der Waals surface area (Å²) in [6.07, 6.45) is 1.58. The lowest BCUT2D eigenvalue weighted by Gasteiger charge is -2.19. The predicted molar refractivity (Wildman–Crippen MR) is 172 cm³/mol. The fourth-order valence-corrected chi connectivity index (χ4v) is 4.95. The summed E-state index contributed by atoms with van der Waals surface area (Å²) in [5.41, 5.74) is 4.73. The third-order valence-corrected chi connectivity index (χ3v) is 7.48. The zero-order chi connectivity index (χ0) is 30.5. The van der Waals surface area contributed by atoms with Gasteiger partial charge >= 0.3 is 5.97 Å². The van der Waals surface area contributed by atoms with Crippen LogP contribution in [0, 0.1) is 0 Å². The molecule has 1 aromatic heterocycles. The third kappa shape index (κ3) is 6.85. The van der Waals surface area contributed by atoms with Crippen molar-refractivity contribution in [2.45, 2.75) is 12.5 Å². The van der Waals surface area contributed by atoms with E-state index >= 15 is 0 Å². The van der Waals surface area contributed by atoms with Crippen molar-refractivity contribution in [3.63, 3.8) is 0 Å². The minimum atomic E-state index is -1.23. The van der Waals surface area contributed by atoms with Gasteiger partial charge in [0.15, 0.2) is 0 Å². The Balaban J connectivity index is 1.53. The number of nitrogens with zero attached hydrogens (tertiary/aromatic N) is 2. The Kier molecular flexibility index (Phi) is 8.74. The number of rotatable bonds is 9. The molecule has 1 amide bonds. The van der Waals surface area contributed by atoms with Crippen LogP contribution in [0.5, 0.6) is 0 Å². The number of anilines is 2. The quantitative estimate of drug-likeness (QED) is 0.192. The second-order valence-electron chi connectivity index (χ2n) is 10.4. The van der Waals surface area contributed by atoms with Gasteiger partial charge in [0.05, 0.1) is 0 Å². The smallest absolute Gasteiger partial charge is 0.327 e. The first kappa shape index (κ1) is 29.4. The average molecular weight is 592 g/mol. The second kappa shape index (κ2) is 12.8. The van der Waals surface area contributed by atoms with Gasteiger partial charge < -0.3 is 15.3 Å². The molecule has 0 aliphatic heterocycles. The molecular formula is C35H30ClN3O4. The van der Waals surface area contributed by atoms with Gasteiger partial charge in [0, 0.05) is 48.5 Å². The molecule has 7 nitrogen and oxygen atoms in total. The normalized spacial score (nSPS) is 11.5. The van der Waals surface area contributed by atoms with Crippen molar-refractivity contribution in [2.24, 2.45) is 0 Å². The van der Waals surface area contributed by atoms with Gasteiger partial charge in [0.2, 0.25) is 0 Å². The van der Waals surface area contributed by atoms with Crippen LogP contribution in [0.25, 0.3) is 22.3 Å². The molecule has 0 saturated heterocycles. The number of carboxylic acids is 1. The highest BCUT2D eigenvalue weighted by Crippen LogP contribution is 2.26. The maximum Gasteiger partial charge on any atom is 0.327 e. The number of carbonyl (C=O) groups excluding carboxylic acids is 1. The molecule has 0 saturated carbocycles. The lowest BCUT2D eigenvalue weighted by atomic mass is 10.0. The average Bonchev–Trinajstić information content (AvgIpc) is 3.02. The summed E-state index contributed by atoms with van der Waals surface area (Å²) in [6, 6.07) is 31.7. The number of amides is 1. The van der Waals surface area contributed by atoms with Gasteiger partial charge in [-0.2, -0.15) is 0 Å². The van der Waals surface area contributed by atoms with Crippen LogP contribution in [0.15, 0.2) is 120 Å². The lowest BCUT2D eigenvalue weighted by Crippen LogP contribution is -2.33. The Labute approximate surface area is 254 Å². The Morgan fingerprint density at radius 3 is 2.00 bits per heavy atom. The van der Waals surface area contributed by atoms with Crippen molar-refractivity contribution in [1.29, 1.82) is 0 Å². The van der Waals surface area contributed by atoms with Gasteiger partial charge in [-0.25, -0.2) is 4.79 Å². The van der Waals surface area contributed by atoms with E-state index in [1.165, 1.54) is 10.8 Å². The zero-order valence-corrected chi connectivity index (χ0v) is 24.5. The molecular weight excluding hydrogens is 562 g/mol. The first-order valence-corrected chi connectivity index (χ1v) is 14.1. The van der Waals surface area contributed by atoms with E-state index in [9.17, 15) is 19.5 Å². The van der Waals surface area contributed by atoms with Crippen LogP contribution in [0.4, 0.5) is 11.4 Å². The highest BCUT2D eigenvalue weighted by molar-refractivity contribution is 6.30. The first-order valence-electron chi connectivity index (χ1n) is 13.7. The van der Waals surface area contributed by atoms with E-state index in [1.54, 1.807) is 42.5 Å². The number of pyridine rings is 1. The van der Waals surface area contributed by atoms with Crippen molar-refractivity contribution < 1.29 is 14.7 Å². The molecule has 1 heterocycles. The van der Waals surface area contributed by atoms with Crippen LogP contribution >= 0.6 is 11.6 Å². The standard InChI is InChI=1S/C35H30ClN3O4/c1-38(2)30-18-14-26(15-19-30)28-21-31(37-33(40)27-12-10-25(11-13-27)24-6-4-3-5-7-24)34(41)39(22-28)32(35(42)43)20-23-8-16-29(36)17-9-23/h3-19,21-22,32H,20H2,1-2H3,(H,37,40)(H,42,43). The van der Waals surface area contributed by atoms with Gasteiger partial charge in [0.25, 0.3) is 11.5 Å². The van der Waals surface area contributed by atoms with E-state index in [2.05, 4.69) is 5.32 Å². The molecule has 8 heteroatoms. The van der Waals surface area contributed by atoms with E-state index in [-0.39, 0.29) is 12.1 Å². The number of benzene rings is 4. The summed E-state index contributed by atoms with van der Waals surface area (Å²) in [4.78, 5) is 41.6. The summed E-state index contributed by atoms with van der Waals surface area (Å²) >= 11 is 6.02. The summed E-state index contributed by atoms with van der Waals surface area (Å²) in [5, 5.41) is 13.5. The molecule has 1 atom stereocenters. The molecule has 0 bridgehead atoms. The van der Waals surface area contributed by atoms with Crippen LogP contribution in [0.2, 0.25) is 5.02 Å². The van der Waals surface area contributed by atoms with Gasteiger partial charge in [-0.3, -0.25) is 14.2 Å². The van der Waals surface area contributed by atoms with Crippen molar-refractivity contribution >= 4 is 34.9 Å². The number of aromatic nitrogens is 1. The van der Waals surface area contributed by atoms with Crippen molar-refractivity contribution in [1.82, 2.24) is 4.57 Å². The van der Waals surface area contributed by atoms with Gasteiger partial charge in [-0.05, 0) is 64.7 Å². The molecule has 0 fully saturated rings. The molecule has 1 unspecified atom stereocenters. The largest absolute Gasteiger partial charge is 0.480 e. The van der Waals surface area contributed by atoms with Gasteiger partial charge in [-0.15, -0.1) is 0 Å². The Morgan fingerprint density at radius 2 is 1.40 bits per heavy atom. The van der Waals surface area contributed by atoms with E-state index in [0.717, 1.165) is 22.4 Å². The van der Waals surface area contributed by atoms with Crippen LogP contribution < -0.4 is 15.8 Å². The molecule has 216 valence electrons. The maximum atomic E-state index is 13.7. The Morgan fingerprint density at radius 1 is 0.814 bits per heavy atom. The number of aliphatic carboxylic acids is 1. The highest BCUT2D eigenvalue weighted by Gasteiger charge is 2.24. The van der Waals surface area contributed by atoms with Crippen molar-refractivity contribution in [3.8, 4) is 22.3 Å². The number of nitrogens with one attached hydrogen (secondary N) is 1. The molecule has 5 aromatic rings. The number of halogens is 1. The summed E-state index contributed by atoms with van der Waals surface area (Å²) < 4.78 is 1.18. The predicted octanol–water partition coefficient (Wildman–Crippen LogP) is 7.02. The first-order chi connectivity index (χ1) is 20.7. The molecule has 5 rings (SSSR count). The zero-order valence-electron chi connectivity index (χ0n) is 23.7. The SMILES string of the molecule is CN(C)c1ccc(-c2cc(NC(=O)c3ccc(-c4ccccc4)cc3)c(=O)n(C(Cc3ccc(Cl)cc3)C(=O)O)c2)cc1. The Bertz CT molecular complexity index is 1800. The van der Waals surface area contributed by atoms with Gasteiger partial charge in [0.1, 0.15) is 11.7 Å². The van der Waals surface area contributed by atoms with E-state index in [0.29, 0.717) is 21.7 Å². The molecule has 4 aromatic carbocycles. The topological polar surface area (TPSA) is 91.6 Å². The fourth-order valence-electron chi connectivity index (χ4n) is 4.82. The van der Waals surface area contributed by atoms with Crippen molar-refractivity contribution in [2.75, 3.05) is 24.3 Å². The lowest BCUT2D eigenvalue weighted by molar-refractivity contribution is -0.141. The third-order valence-electron chi connectivity index (χ3n) is 7.23. The molecule has 0 aliphatic rings. The van der Waals surface area contributed by atoms with Crippen LogP contribution in [-0.4, -0.2) is 35.6 Å². The molecule has 0 spiro atoms. The van der Waals surface area contributed by atoms with E-state index in [1.807, 2.05) is 85.7 Å². The number of carbonyl (C=O) groups is 2. The van der Waals surface area contributed by atoms with Gasteiger partial charge in [-0.1, -0.05) is 78.3 Å². The number of hydrogen-bond acceptors (Lipinski definition) is 4.